The van der Waals surface area contributed by atoms with E-state index in [1.165, 1.54) is 0 Å². The fraction of sp³-hybridized carbons (Fsp3) is 0.214. The lowest BCUT2D eigenvalue weighted by Crippen LogP contribution is -2.14. The van der Waals surface area contributed by atoms with Crippen LogP contribution in [0.4, 0.5) is 22.1 Å². The summed E-state index contributed by atoms with van der Waals surface area (Å²) in [7, 11) is 1.61. The van der Waals surface area contributed by atoms with Crippen molar-refractivity contribution in [3.63, 3.8) is 0 Å². The number of aromatic nitrogens is 2. The molecule has 0 fully saturated rings. The minimum Gasteiger partial charge on any atom is -0.497 e. The number of anilines is 3. The maximum Gasteiger partial charge on any atom is 0.412 e. The summed E-state index contributed by atoms with van der Waals surface area (Å²) in [6.45, 7) is 2.03. The van der Waals surface area contributed by atoms with Gasteiger partial charge in [-0.1, -0.05) is 0 Å². The smallest absolute Gasteiger partial charge is 0.412 e. The van der Waals surface area contributed by atoms with E-state index in [9.17, 15) is 4.79 Å². The fourth-order valence-corrected chi connectivity index (χ4v) is 1.56. The summed E-state index contributed by atoms with van der Waals surface area (Å²) < 4.78 is 9.83. The van der Waals surface area contributed by atoms with E-state index in [1.807, 2.05) is 24.3 Å². The molecule has 0 bridgehead atoms. The highest BCUT2D eigenvalue weighted by atomic mass is 16.5. The van der Waals surface area contributed by atoms with Crippen LogP contribution in [0.5, 0.6) is 5.75 Å². The molecule has 2 aromatic rings. The Hall–Kier alpha value is -2.83. The van der Waals surface area contributed by atoms with Gasteiger partial charge in [0.2, 0.25) is 0 Å². The van der Waals surface area contributed by atoms with Crippen LogP contribution >= 0.6 is 0 Å². The molecule has 0 aliphatic carbocycles. The van der Waals surface area contributed by atoms with Gasteiger partial charge in [-0.05, 0) is 43.3 Å². The fourth-order valence-electron chi connectivity index (χ4n) is 1.56. The minimum absolute atomic E-state index is 0.302. The number of amides is 1. The average molecular weight is 288 g/mol. The first kappa shape index (κ1) is 14.6. The summed E-state index contributed by atoms with van der Waals surface area (Å²) in [5.41, 5.74) is 0.858. The largest absolute Gasteiger partial charge is 0.497 e. The number of ether oxygens (including phenoxy) is 2. The summed E-state index contributed by atoms with van der Waals surface area (Å²) in [6.07, 6.45) is -0.553. The lowest BCUT2D eigenvalue weighted by Gasteiger charge is -2.07. The zero-order valence-corrected chi connectivity index (χ0v) is 11.8. The molecule has 0 saturated heterocycles. The maximum absolute atomic E-state index is 11.2. The van der Waals surface area contributed by atoms with E-state index in [0.717, 1.165) is 11.4 Å². The van der Waals surface area contributed by atoms with Crippen LogP contribution in [0.15, 0.2) is 36.4 Å². The van der Waals surface area contributed by atoms with E-state index in [4.69, 9.17) is 9.47 Å². The Morgan fingerprint density at radius 1 is 1.10 bits per heavy atom. The van der Waals surface area contributed by atoms with Gasteiger partial charge in [-0.3, -0.25) is 5.32 Å². The molecule has 7 heteroatoms. The Morgan fingerprint density at radius 2 is 1.76 bits per heavy atom. The van der Waals surface area contributed by atoms with Gasteiger partial charge in [0.15, 0.2) is 11.6 Å². The number of methoxy groups -OCH3 is 1. The second kappa shape index (κ2) is 7.09. The molecule has 21 heavy (non-hydrogen) atoms. The van der Waals surface area contributed by atoms with E-state index in [0.29, 0.717) is 18.2 Å². The SMILES string of the molecule is CCOC(=O)Nc1ccc(Nc2ccc(OC)cc2)nn1. The summed E-state index contributed by atoms with van der Waals surface area (Å²) >= 11 is 0. The third-order valence-corrected chi connectivity index (χ3v) is 2.53. The van der Waals surface area contributed by atoms with Crippen LogP contribution in [0, 0.1) is 0 Å². The van der Waals surface area contributed by atoms with Gasteiger partial charge in [-0.2, -0.15) is 0 Å². The quantitative estimate of drug-likeness (QED) is 0.880. The Morgan fingerprint density at radius 3 is 2.33 bits per heavy atom. The van der Waals surface area contributed by atoms with Crippen molar-refractivity contribution < 1.29 is 14.3 Å². The van der Waals surface area contributed by atoms with Crippen molar-refractivity contribution in [3.05, 3.63) is 36.4 Å². The van der Waals surface area contributed by atoms with E-state index in [-0.39, 0.29) is 0 Å². The van der Waals surface area contributed by atoms with Gasteiger partial charge in [0, 0.05) is 5.69 Å². The van der Waals surface area contributed by atoms with Gasteiger partial charge in [0.05, 0.1) is 13.7 Å². The number of nitrogens with one attached hydrogen (secondary N) is 2. The Balaban J connectivity index is 1.96. The Bertz CT molecular complexity index is 584. The number of hydrogen-bond acceptors (Lipinski definition) is 6. The van der Waals surface area contributed by atoms with E-state index >= 15 is 0 Å². The predicted molar refractivity (Wildman–Crippen MR) is 79.0 cm³/mol. The molecule has 2 rings (SSSR count). The molecule has 1 amide bonds. The zero-order valence-electron chi connectivity index (χ0n) is 11.8. The number of benzene rings is 1. The molecule has 7 nitrogen and oxygen atoms in total. The van der Waals surface area contributed by atoms with Crippen LogP contribution in [0.25, 0.3) is 0 Å². The second-order valence-corrected chi connectivity index (χ2v) is 4.00. The first-order valence-corrected chi connectivity index (χ1v) is 6.40. The van der Waals surface area contributed by atoms with Crippen molar-refractivity contribution in [1.82, 2.24) is 10.2 Å². The molecule has 0 spiro atoms. The Kier molecular flexibility index (Phi) is 4.92. The van der Waals surface area contributed by atoms with Crippen LogP contribution < -0.4 is 15.4 Å². The van der Waals surface area contributed by atoms with Crippen molar-refractivity contribution in [1.29, 1.82) is 0 Å². The molecule has 0 unspecified atom stereocenters. The highest BCUT2D eigenvalue weighted by Gasteiger charge is 2.04. The van der Waals surface area contributed by atoms with Crippen molar-refractivity contribution in [2.45, 2.75) is 6.92 Å². The topological polar surface area (TPSA) is 85.4 Å². The average Bonchev–Trinajstić information content (AvgIpc) is 2.50. The molecule has 1 aromatic carbocycles. The van der Waals surface area contributed by atoms with Gasteiger partial charge >= 0.3 is 6.09 Å². The van der Waals surface area contributed by atoms with Gasteiger partial charge in [0.25, 0.3) is 0 Å². The lowest BCUT2D eigenvalue weighted by atomic mass is 10.3. The molecule has 2 N–H and O–H groups in total. The normalized spacial score (nSPS) is 9.81. The number of rotatable bonds is 5. The molecule has 110 valence electrons. The van der Waals surface area contributed by atoms with Crippen molar-refractivity contribution in [3.8, 4) is 5.75 Å². The maximum atomic E-state index is 11.2. The molecular weight excluding hydrogens is 272 g/mol. The van der Waals surface area contributed by atoms with E-state index in [2.05, 4.69) is 20.8 Å². The van der Waals surface area contributed by atoms with Crippen molar-refractivity contribution in [2.24, 2.45) is 0 Å². The van der Waals surface area contributed by atoms with E-state index < -0.39 is 6.09 Å². The molecule has 0 atom stereocenters. The predicted octanol–water partition coefficient (Wildman–Crippen LogP) is 2.80. The third-order valence-electron chi connectivity index (χ3n) is 2.53. The number of nitrogens with zero attached hydrogens (tertiary/aromatic N) is 2. The van der Waals surface area contributed by atoms with Crippen LogP contribution in [0.2, 0.25) is 0 Å². The molecule has 0 aliphatic rings. The van der Waals surface area contributed by atoms with Crippen LogP contribution in [0.1, 0.15) is 6.92 Å². The molecular formula is C14H16N4O3. The molecule has 1 aromatic heterocycles. The van der Waals surface area contributed by atoms with Gasteiger partial charge in [-0.15, -0.1) is 10.2 Å². The summed E-state index contributed by atoms with van der Waals surface area (Å²) in [5.74, 6) is 1.67. The first-order valence-electron chi connectivity index (χ1n) is 6.40. The molecule has 0 radical (unpaired) electrons. The summed E-state index contributed by atoms with van der Waals surface area (Å²) in [6, 6.07) is 10.8. The zero-order chi connectivity index (χ0) is 15.1. The molecule has 1 heterocycles. The third kappa shape index (κ3) is 4.34. The van der Waals surface area contributed by atoms with E-state index in [1.54, 1.807) is 26.2 Å². The van der Waals surface area contributed by atoms with Gasteiger partial charge in [-0.25, -0.2) is 4.79 Å². The lowest BCUT2D eigenvalue weighted by molar-refractivity contribution is 0.168. The van der Waals surface area contributed by atoms with Gasteiger partial charge in [0.1, 0.15) is 5.75 Å². The van der Waals surface area contributed by atoms with Gasteiger partial charge < -0.3 is 14.8 Å². The molecule has 0 aliphatic heterocycles. The number of carbonyl (C=O) groups is 1. The minimum atomic E-state index is -0.553. The molecule has 0 saturated carbocycles. The van der Waals surface area contributed by atoms with Crippen molar-refractivity contribution >= 4 is 23.4 Å². The second-order valence-electron chi connectivity index (χ2n) is 4.00. The highest BCUT2D eigenvalue weighted by molar-refractivity contribution is 5.83. The first-order chi connectivity index (χ1) is 10.2. The monoisotopic (exact) mass is 288 g/mol. The van der Waals surface area contributed by atoms with Crippen LogP contribution in [-0.2, 0) is 4.74 Å². The standard InChI is InChI=1S/C14H16N4O3/c1-3-21-14(19)16-13-9-8-12(17-18-13)15-10-4-6-11(20-2)7-5-10/h4-9H,3H2,1-2H3,(H,15,17)(H,16,18,19). The summed E-state index contributed by atoms with van der Waals surface area (Å²) in [4.78, 5) is 11.2. The highest BCUT2D eigenvalue weighted by Crippen LogP contribution is 2.18. The van der Waals surface area contributed by atoms with Crippen LogP contribution in [-0.4, -0.2) is 30.0 Å². The number of carbonyl (C=O) groups excluding carboxylic acids is 1. The van der Waals surface area contributed by atoms with Crippen LogP contribution in [0.3, 0.4) is 0 Å². The summed E-state index contributed by atoms with van der Waals surface area (Å²) in [5, 5.41) is 13.4. The van der Waals surface area contributed by atoms with Crippen molar-refractivity contribution in [2.75, 3.05) is 24.4 Å². The number of hydrogen-bond donors (Lipinski definition) is 2. The Labute approximate surface area is 122 Å².